The quantitative estimate of drug-likeness (QED) is 0.814. The number of aromatic nitrogens is 3. The summed E-state index contributed by atoms with van der Waals surface area (Å²) in [5, 5.41) is 0. The van der Waals surface area contributed by atoms with E-state index in [1.165, 1.54) is 0 Å². The van der Waals surface area contributed by atoms with Crippen molar-refractivity contribution in [2.75, 3.05) is 41.7 Å². The largest absolute Gasteiger partial charge is 0.368 e. The summed E-state index contributed by atoms with van der Waals surface area (Å²) in [7, 11) is 0. The summed E-state index contributed by atoms with van der Waals surface area (Å²) in [5.74, 6) is 2.75. The third kappa shape index (κ3) is 4.28. The third-order valence-corrected chi connectivity index (χ3v) is 4.92. The molecular formula is C17H25Cl2N7. The van der Waals surface area contributed by atoms with E-state index in [9.17, 15) is 0 Å². The molecule has 2 aromatic rings. The molecule has 1 aliphatic heterocycles. The Bertz CT molecular complexity index is 702. The molecule has 0 amide bonds. The van der Waals surface area contributed by atoms with Crippen molar-refractivity contribution >= 4 is 42.4 Å². The number of hydrogen-bond donors (Lipinski definition) is 2. The van der Waals surface area contributed by atoms with Crippen molar-refractivity contribution < 1.29 is 0 Å². The number of anilines is 3. The molecule has 2 aromatic heterocycles. The van der Waals surface area contributed by atoms with Crippen LogP contribution in [0.25, 0.3) is 0 Å². The van der Waals surface area contributed by atoms with E-state index in [-0.39, 0.29) is 24.8 Å². The van der Waals surface area contributed by atoms with Crippen LogP contribution in [-0.4, -0.2) is 47.2 Å². The van der Waals surface area contributed by atoms with Gasteiger partial charge in [0.05, 0.1) is 5.69 Å². The molecule has 2 aliphatic rings. The van der Waals surface area contributed by atoms with Crippen LogP contribution < -0.4 is 21.3 Å². The Labute approximate surface area is 166 Å². The number of piperazine rings is 1. The van der Waals surface area contributed by atoms with Gasteiger partial charge in [0.1, 0.15) is 11.6 Å². The van der Waals surface area contributed by atoms with E-state index in [0.29, 0.717) is 17.9 Å². The van der Waals surface area contributed by atoms with Crippen molar-refractivity contribution in [2.45, 2.75) is 24.8 Å². The minimum Gasteiger partial charge on any atom is -0.368 e. The average molecular weight is 398 g/mol. The molecule has 3 heterocycles. The molecule has 0 bridgehead atoms. The van der Waals surface area contributed by atoms with Crippen LogP contribution in [0.2, 0.25) is 0 Å². The van der Waals surface area contributed by atoms with Gasteiger partial charge >= 0.3 is 0 Å². The molecule has 26 heavy (non-hydrogen) atoms. The number of halogens is 2. The van der Waals surface area contributed by atoms with E-state index in [1.807, 2.05) is 18.3 Å². The molecule has 1 saturated heterocycles. The lowest BCUT2D eigenvalue weighted by atomic mass is 9.78. The molecule has 2 fully saturated rings. The Hall–Kier alpha value is -1.83. The highest BCUT2D eigenvalue weighted by Crippen LogP contribution is 2.36. The summed E-state index contributed by atoms with van der Waals surface area (Å²) in [4.78, 5) is 17.9. The van der Waals surface area contributed by atoms with Gasteiger partial charge in [0.2, 0.25) is 5.95 Å². The van der Waals surface area contributed by atoms with Gasteiger partial charge in [-0.25, -0.2) is 9.97 Å². The predicted octanol–water partition coefficient (Wildman–Crippen LogP) is 1.83. The van der Waals surface area contributed by atoms with Gasteiger partial charge in [-0.05, 0) is 25.0 Å². The zero-order valence-electron chi connectivity index (χ0n) is 14.5. The topological polar surface area (TPSA) is 97.2 Å². The SMILES string of the molecule is Cl.Cl.Nc1nc(C2CC(N)C2)cc(N2CCN(c3ccccn3)CC2)n1. The minimum atomic E-state index is 0. The summed E-state index contributed by atoms with van der Waals surface area (Å²) in [6, 6.07) is 8.41. The summed E-state index contributed by atoms with van der Waals surface area (Å²) < 4.78 is 0. The molecule has 1 saturated carbocycles. The maximum atomic E-state index is 5.94. The van der Waals surface area contributed by atoms with Crippen LogP contribution >= 0.6 is 24.8 Å². The van der Waals surface area contributed by atoms with Crippen LogP contribution in [0.15, 0.2) is 30.5 Å². The highest BCUT2D eigenvalue weighted by molar-refractivity contribution is 5.85. The lowest BCUT2D eigenvalue weighted by Gasteiger charge is -2.37. The van der Waals surface area contributed by atoms with Crippen LogP contribution in [0, 0.1) is 0 Å². The molecule has 0 unspecified atom stereocenters. The molecule has 142 valence electrons. The molecule has 4 rings (SSSR count). The smallest absolute Gasteiger partial charge is 0.222 e. The van der Waals surface area contributed by atoms with Crippen LogP contribution in [0.1, 0.15) is 24.5 Å². The first-order valence-electron chi connectivity index (χ1n) is 8.50. The first-order chi connectivity index (χ1) is 11.7. The Kier molecular flexibility index (Phi) is 6.86. The van der Waals surface area contributed by atoms with Gasteiger partial charge in [-0.2, -0.15) is 4.98 Å². The summed E-state index contributed by atoms with van der Waals surface area (Å²) in [5.41, 5.74) is 12.9. The molecule has 0 atom stereocenters. The standard InChI is InChI=1S/C17H23N7.2ClH/c18-13-9-12(10-13)14-11-16(22-17(19)21-14)24-7-5-23(6-8-24)15-3-1-2-4-20-15;;/h1-4,11-13H,5-10,18H2,(H2,19,21,22);2*1H. The zero-order valence-corrected chi connectivity index (χ0v) is 16.1. The van der Waals surface area contributed by atoms with Gasteiger partial charge in [0.15, 0.2) is 0 Å². The fourth-order valence-electron chi connectivity index (χ4n) is 3.45. The normalized spacial score (nSPS) is 22.0. The second-order valence-electron chi connectivity index (χ2n) is 6.60. The first kappa shape index (κ1) is 20.5. The van der Waals surface area contributed by atoms with Crippen molar-refractivity contribution in [1.82, 2.24) is 15.0 Å². The number of pyridine rings is 1. The lowest BCUT2D eigenvalue weighted by molar-refractivity contribution is 0.345. The van der Waals surface area contributed by atoms with Crippen LogP contribution in [0.4, 0.5) is 17.6 Å². The number of nitrogens with zero attached hydrogens (tertiary/aromatic N) is 5. The molecule has 4 N–H and O–H groups in total. The van der Waals surface area contributed by atoms with Crippen LogP contribution in [0.5, 0.6) is 0 Å². The second kappa shape index (κ2) is 8.70. The average Bonchev–Trinajstić information content (AvgIpc) is 2.59. The van der Waals surface area contributed by atoms with Crippen molar-refractivity contribution in [3.8, 4) is 0 Å². The molecule has 7 nitrogen and oxygen atoms in total. The number of rotatable bonds is 3. The predicted molar refractivity (Wildman–Crippen MR) is 110 cm³/mol. The fourth-order valence-corrected chi connectivity index (χ4v) is 3.45. The van der Waals surface area contributed by atoms with Crippen LogP contribution in [-0.2, 0) is 0 Å². The molecule has 1 aliphatic carbocycles. The van der Waals surface area contributed by atoms with Crippen molar-refractivity contribution in [3.63, 3.8) is 0 Å². The van der Waals surface area contributed by atoms with Crippen LogP contribution in [0.3, 0.4) is 0 Å². The lowest BCUT2D eigenvalue weighted by Crippen LogP contribution is -2.47. The molecular weight excluding hydrogens is 373 g/mol. The van der Waals surface area contributed by atoms with E-state index in [1.54, 1.807) is 0 Å². The third-order valence-electron chi connectivity index (χ3n) is 4.92. The van der Waals surface area contributed by atoms with Crippen molar-refractivity contribution in [3.05, 3.63) is 36.2 Å². The van der Waals surface area contributed by atoms with Crippen molar-refractivity contribution in [2.24, 2.45) is 5.73 Å². The minimum absolute atomic E-state index is 0. The maximum Gasteiger partial charge on any atom is 0.222 e. The van der Waals surface area contributed by atoms with Gasteiger partial charge in [-0.15, -0.1) is 24.8 Å². The number of hydrogen-bond acceptors (Lipinski definition) is 7. The Balaban J connectivity index is 0.00000121. The molecule has 0 spiro atoms. The Morgan fingerprint density at radius 3 is 2.15 bits per heavy atom. The number of nitrogen functional groups attached to an aromatic ring is 1. The molecule has 0 aromatic carbocycles. The fraction of sp³-hybridized carbons (Fsp3) is 0.471. The van der Waals surface area contributed by atoms with Gasteiger partial charge in [0, 0.05) is 50.4 Å². The van der Waals surface area contributed by atoms with E-state index in [2.05, 4.69) is 36.9 Å². The van der Waals surface area contributed by atoms with Gasteiger partial charge in [0.25, 0.3) is 0 Å². The van der Waals surface area contributed by atoms with E-state index < -0.39 is 0 Å². The monoisotopic (exact) mass is 397 g/mol. The first-order valence-corrected chi connectivity index (χ1v) is 8.50. The summed E-state index contributed by atoms with van der Waals surface area (Å²) in [6.07, 6.45) is 3.81. The number of nitrogens with two attached hydrogens (primary N) is 2. The Morgan fingerprint density at radius 2 is 1.58 bits per heavy atom. The van der Waals surface area contributed by atoms with E-state index >= 15 is 0 Å². The second-order valence-corrected chi connectivity index (χ2v) is 6.60. The van der Waals surface area contributed by atoms with Gasteiger partial charge in [-0.3, -0.25) is 0 Å². The van der Waals surface area contributed by atoms with E-state index in [0.717, 1.165) is 56.4 Å². The van der Waals surface area contributed by atoms with Gasteiger partial charge < -0.3 is 21.3 Å². The maximum absolute atomic E-state index is 5.94. The highest BCUT2D eigenvalue weighted by Gasteiger charge is 2.30. The molecule has 0 radical (unpaired) electrons. The summed E-state index contributed by atoms with van der Waals surface area (Å²) in [6.45, 7) is 3.64. The highest BCUT2D eigenvalue weighted by atomic mass is 35.5. The van der Waals surface area contributed by atoms with E-state index in [4.69, 9.17) is 11.5 Å². The van der Waals surface area contributed by atoms with Crippen molar-refractivity contribution in [1.29, 1.82) is 0 Å². The zero-order chi connectivity index (χ0) is 16.5. The molecule has 9 heteroatoms. The summed E-state index contributed by atoms with van der Waals surface area (Å²) >= 11 is 0. The Morgan fingerprint density at radius 1 is 0.923 bits per heavy atom. The van der Waals surface area contributed by atoms with Gasteiger partial charge in [-0.1, -0.05) is 6.07 Å².